The molecule has 3 amide bonds. The van der Waals surface area contributed by atoms with E-state index in [4.69, 9.17) is 5.21 Å². The van der Waals surface area contributed by atoms with E-state index in [1.165, 1.54) is 0 Å². The summed E-state index contributed by atoms with van der Waals surface area (Å²) in [6, 6.07) is 8.84. The lowest BCUT2D eigenvalue weighted by atomic mass is 9.80. The van der Waals surface area contributed by atoms with Crippen molar-refractivity contribution in [3.63, 3.8) is 0 Å². The second-order valence-corrected chi connectivity index (χ2v) is 8.32. The van der Waals surface area contributed by atoms with Crippen LogP contribution >= 0.6 is 0 Å². The molecule has 3 fully saturated rings. The maximum atomic E-state index is 13.3. The highest BCUT2D eigenvalue weighted by Gasteiger charge is 2.57. The molecule has 1 spiro atoms. The molecular weight excluding hydrogens is 362 g/mol. The van der Waals surface area contributed by atoms with Crippen LogP contribution in [0.15, 0.2) is 30.3 Å². The molecule has 1 aliphatic carbocycles. The second-order valence-electron chi connectivity index (χ2n) is 8.32. The minimum absolute atomic E-state index is 0.201. The Labute approximate surface area is 163 Å². The Balaban J connectivity index is 1.56. The van der Waals surface area contributed by atoms with Crippen molar-refractivity contribution in [2.75, 3.05) is 19.6 Å². The summed E-state index contributed by atoms with van der Waals surface area (Å²) < 4.78 is 0. The number of nitrogens with zero attached hydrogens (tertiary/aromatic N) is 2. The third-order valence-electron chi connectivity index (χ3n) is 6.55. The molecule has 3 aliphatic rings. The number of rotatable bonds is 3. The van der Waals surface area contributed by atoms with Crippen LogP contribution in [-0.2, 0) is 9.59 Å². The number of piperidine rings is 1. The number of carboxylic acid groups (broad SMARTS) is 1. The van der Waals surface area contributed by atoms with Gasteiger partial charge in [0.15, 0.2) is 0 Å². The lowest BCUT2D eigenvalue weighted by Crippen LogP contribution is -2.61. The van der Waals surface area contributed by atoms with E-state index in [0.29, 0.717) is 19.5 Å². The lowest BCUT2D eigenvalue weighted by molar-refractivity contribution is -0.149. The minimum atomic E-state index is -1.20. The van der Waals surface area contributed by atoms with E-state index in [1.807, 2.05) is 30.3 Å². The molecule has 2 heterocycles. The number of nitrogens with one attached hydrogen (secondary N) is 1. The van der Waals surface area contributed by atoms with Gasteiger partial charge in [-0.05, 0) is 36.7 Å². The average Bonchev–Trinajstić information content (AvgIpc) is 3.27. The van der Waals surface area contributed by atoms with Gasteiger partial charge in [0.25, 0.3) is 0 Å². The monoisotopic (exact) mass is 387 g/mol. The largest absolute Gasteiger partial charge is 0.465 e. The summed E-state index contributed by atoms with van der Waals surface area (Å²) in [4.78, 5) is 40.3. The molecule has 2 aliphatic heterocycles. The fourth-order valence-corrected chi connectivity index (χ4v) is 4.81. The predicted octanol–water partition coefficient (Wildman–Crippen LogP) is 1.66. The van der Waals surface area contributed by atoms with Gasteiger partial charge in [0.05, 0.1) is 5.92 Å². The van der Waals surface area contributed by atoms with E-state index in [0.717, 1.165) is 29.7 Å². The lowest BCUT2D eigenvalue weighted by Gasteiger charge is -2.43. The molecule has 3 N–H and O–H groups in total. The second kappa shape index (κ2) is 7.09. The molecule has 28 heavy (non-hydrogen) atoms. The average molecular weight is 387 g/mol. The molecule has 2 saturated heterocycles. The van der Waals surface area contributed by atoms with Gasteiger partial charge in [-0.1, -0.05) is 30.3 Å². The minimum Gasteiger partial charge on any atom is -0.465 e. The van der Waals surface area contributed by atoms with Crippen LogP contribution < -0.4 is 5.48 Å². The van der Waals surface area contributed by atoms with Crippen LogP contribution in [0.3, 0.4) is 0 Å². The van der Waals surface area contributed by atoms with Crippen molar-refractivity contribution in [1.29, 1.82) is 0 Å². The van der Waals surface area contributed by atoms with Gasteiger partial charge in [-0.15, -0.1) is 0 Å². The molecule has 3 atom stereocenters. The first-order valence-corrected chi connectivity index (χ1v) is 9.71. The highest BCUT2D eigenvalue weighted by molar-refractivity contribution is 5.92. The summed E-state index contributed by atoms with van der Waals surface area (Å²) >= 11 is 0. The summed E-state index contributed by atoms with van der Waals surface area (Å²) in [6.45, 7) is 1.30. The van der Waals surface area contributed by atoms with Gasteiger partial charge in [0.2, 0.25) is 11.8 Å². The highest BCUT2D eigenvalue weighted by atomic mass is 16.5. The maximum absolute atomic E-state index is 13.3. The number of carbonyl (C=O) groups is 3. The predicted molar refractivity (Wildman–Crippen MR) is 98.6 cm³/mol. The van der Waals surface area contributed by atoms with E-state index in [2.05, 4.69) is 0 Å². The maximum Gasteiger partial charge on any atom is 0.408 e. The van der Waals surface area contributed by atoms with Crippen molar-refractivity contribution < 1.29 is 24.7 Å². The summed E-state index contributed by atoms with van der Waals surface area (Å²) in [5, 5.41) is 18.9. The molecule has 8 nitrogen and oxygen atoms in total. The number of amides is 3. The molecule has 0 radical (unpaired) electrons. The van der Waals surface area contributed by atoms with E-state index in [-0.39, 0.29) is 23.8 Å². The zero-order valence-electron chi connectivity index (χ0n) is 15.6. The molecule has 1 aromatic rings. The fourth-order valence-electron chi connectivity index (χ4n) is 4.81. The van der Waals surface area contributed by atoms with Gasteiger partial charge in [0.1, 0.15) is 6.04 Å². The van der Waals surface area contributed by atoms with Crippen LogP contribution in [0, 0.1) is 11.3 Å². The molecule has 0 bridgehead atoms. The van der Waals surface area contributed by atoms with E-state index in [9.17, 15) is 19.5 Å². The number of hydrogen-bond donors (Lipinski definition) is 3. The Morgan fingerprint density at radius 2 is 1.86 bits per heavy atom. The standard InChI is InChI=1S/C20H25N3O5/c24-17(21-28)15-10-20(7-8-20)12-23(19(26)27)16(15)18(25)22-9-6-14(11-22)13-4-2-1-3-5-13/h1-5,14-16,28H,6-12H2,(H,21,24)(H,26,27)/t14-,15-,16-/m0/s1. The van der Waals surface area contributed by atoms with Crippen LogP contribution in [-0.4, -0.2) is 63.7 Å². The van der Waals surface area contributed by atoms with Crippen molar-refractivity contribution in [2.24, 2.45) is 11.3 Å². The van der Waals surface area contributed by atoms with Crippen LogP contribution in [0.5, 0.6) is 0 Å². The molecule has 8 heteroatoms. The van der Waals surface area contributed by atoms with Crippen molar-refractivity contribution in [3.05, 3.63) is 35.9 Å². The fraction of sp³-hybridized carbons (Fsp3) is 0.550. The first-order chi connectivity index (χ1) is 13.4. The van der Waals surface area contributed by atoms with Gasteiger partial charge >= 0.3 is 6.09 Å². The van der Waals surface area contributed by atoms with E-state index in [1.54, 1.807) is 10.4 Å². The molecule has 1 aromatic carbocycles. The molecule has 0 aromatic heterocycles. The first kappa shape index (κ1) is 18.7. The number of hydrogen-bond acceptors (Lipinski definition) is 4. The molecule has 150 valence electrons. The van der Waals surface area contributed by atoms with E-state index >= 15 is 0 Å². The molecule has 1 saturated carbocycles. The quantitative estimate of drug-likeness (QED) is 0.540. The highest BCUT2D eigenvalue weighted by Crippen LogP contribution is 2.55. The summed E-state index contributed by atoms with van der Waals surface area (Å²) in [5.74, 6) is -1.70. The molecule has 0 unspecified atom stereocenters. The topological polar surface area (TPSA) is 110 Å². The van der Waals surface area contributed by atoms with Gasteiger partial charge in [-0.2, -0.15) is 0 Å². The van der Waals surface area contributed by atoms with Crippen molar-refractivity contribution in [2.45, 2.75) is 37.6 Å². The smallest absolute Gasteiger partial charge is 0.408 e. The van der Waals surface area contributed by atoms with Gasteiger partial charge < -0.3 is 10.0 Å². The Hall–Kier alpha value is -2.61. The van der Waals surface area contributed by atoms with Gasteiger partial charge in [0, 0.05) is 25.6 Å². The normalized spacial score (nSPS) is 28.2. The number of carbonyl (C=O) groups excluding carboxylic acids is 2. The van der Waals surface area contributed by atoms with Crippen molar-refractivity contribution >= 4 is 17.9 Å². The SMILES string of the molecule is O=C(NO)[C@H]1CC2(CC2)CN(C(=O)O)[C@@H]1C(=O)N1CC[C@H](c2ccccc2)C1. The van der Waals surface area contributed by atoms with Crippen molar-refractivity contribution in [3.8, 4) is 0 Å². The summed E-state index contributed by atoms with van der Waals surface area (Å²) in [5.41, 5.74) is 2.56. The Kier molecular flexibility index (Phi) is 4.74. The molecule has 4 rings (SSSR count). The third kappa shape index (κ3) is 3.32. The van der Waals surface area contributed by atoms with Crippen LogP contribution in [0.2, 0.25) is 0 Å². The Bertz CT molecular complexity index is 779. The summed E-state index contributed by atoms with van der Waals surface area (Å²) in [6.07, 6.45) is 1.71. The van der Waals surface area contributed by atoms with Crippen molar-refractivity contribution in [1.82, 2.24) is 15.3 Å². The van der Waals surface area contributed by atoms with Crippen LogP contribution in [0.1, 0.15) is 37.2 Å². The zero-order valence-corrected chi connectivity index (χ0v) is 15.6. The van der Waals surface area contributed by atoms with Crippen LogP contribution in [0.4, 0.5) is 4.79 Å². The number of likely N-dealkylation sites (tertiary alicyclic amines) is 2. The number of benzene rings is 1. The van der Waals surface area contributed by atoms with Crippen LogP contribution in [0.25, 0.3) is 0 Å². The third-order valence-corrected chi connectivity index (χ3v) is 6.55. The zero-order chi connectivity index (χ0) is 19.9. The summed E-state index contributed by atoms with van der Waals surface area (Å²) in [7, 11) is 0. The van der Waals surface area contributed by atoms with E-state index < -0.39 is 24.0 Å². The Morgan fingerprint density at radius 3 is 2.46 bits per heavy atom. The van der Waals surface area contributed by atoms with Gasteiger partial charge in [-0.25, -0.2) is 10.3 Å². The first-order valence-electron chi connectivity index (χ1n) is 9.71. The Morgan fingerprint density at radius 1 is 1.14 bits per heavy atom. The number of hydroxylamine groups is 1. The molecular formula is C20H25N3O5. The van der Waals surface area contributed by atoms with Gasteiger partial charge in [-0.3, -0.25) is 19.7 Å².